The van der Waals surface area contributed by atoms with Crippen LogP contribution in [0.1, 0.15) is 143 Å². The van der Waals surface area contributed by atoms with Crippen molar-refractivity contribution in [2.45, 2.75) is 98.3 Å². The van der Waals surface area contributed by atoms with E-state index < -0.39 is 0 Å². The lowest BCUT2D eigenvalue weighted by Gasteiger charge is -2.17. The van der Waals surface area contributed by atoms with E-state index >= 15 is 0 Å². The van der Waals surface area contributed by atoms with Crippen LogP contribution in [0, 0.1) is 12.8 Å². The Bertz CT molecular complexity index is 998. The first-order chi connectivity index (χ1) is 15.7. The van der Waals surface area contributed by atoms with E-state index in [2.05, 4.69) is 105 Å². The second-order valence-electron chi connectivity index (χ2n) is 11.3. The molecule has 2 aliphatic rings. The highest BCUT2D eigenvalue weighted by molar-refractivity contribution is 5.75. The molecule has 0 nitrogen and oxygen atoms in total. The molecule has 0 spiro atoms. The molecule has 0 aliphatic heterocycles. The minimum Gasteiger partial charge on any atom is -0.0611 e. The number of benzene rings is 2. The lowest BCUT2D eigenvalue weighted by Crippen LogP contribution is -2.00. The Morgan fingerprint density at radius 1 is 0.455 bits per heavy atom. The van der Waals surface area contributed by atoms with Gasteiger partial charge in [0.05, 0.1) is 0 Å². The fraction of sp³-hybridized carbons (Fsp3) is 0.455. The molecule has 0 heterocycles. The van der Waals surface area contributed by atoms with Crippen LogP contribution >= 0.6 is 0 Å². The fourth-order valence-corrected chi connectivity index (χ4v) is 5.61. The molecule has 33 heavy (non-hydrogen) atoms. The Balaban J connectivity index is 1.47. The van der Waals surface area contributed by atoms with Crippen LogP contribution in [-0.2, 0) is 0 Å². The van der Waals surface area contributed by atoms with E-state index in [1.54, 1.807) is 0 Å². The molecule has 0 bridgehead atoms. The van der Waals surface area contributed by atoms with Crippen molar-refractivity contribution in [3.8, 4) is 0 Å². The average molecular weight is 439 g/mol. The minimum atomic E-state index is 0.561. The Kier molecular flexibility index (Phi) is 7.04. The molecule has 0 atom stereocenters. The number of hydrogen-bond acceptors (Lipinski definition) is 0. The summed E-state index contributed by atoms with van der Waals surface area (Å²) >= 11 is 0. The highest BCUT2D eigenvalue weighted by Crippen LogP contribution is 2.41. The summed E-state index contributed by atoms with van der Waals surface area (Å²) in [5, 5.41) is 0. The second-order valence-corrected chi connectivity index (χ2v) is 11.3. The van der Waals surface area contributed by atoms with Crippen molar-refractivity contribution in [2.75, 3.05) is 0 Å². The van der Waals surface area contributed by atoms with Gasteiger partial charge in [-0.3, -0.25) is 0 Å². The van der Waals surface area contributed by atoms with Gasteiger partial charge in [0, 0.05) is 12.8 Å². The van der Waals surface area contributed by atoms with Crippen molar-refractivity contribution in [3.63, 3.8) is 0 Å². The van der Waals surface area contributed by atoms with E-state index in [0.717, 1.165) is 12.8 Å². The lowest BCUT2D eigenvalue weighted by molar-refractivity contribution is 0.817. The van der Waals surface area contributed by atoms with E-state index in [4.69, 9.17) is 0 Å². The summed E-state index contributed by atoms with van der Waals surface area (Å²) in [6, 6.07) is 9.45. The van der Waals surface area contributed by atoms with Crippen LogP contribution in [0.15, 0.2) is 35.4 Å². The predicted octanol–water partition coefficient (Wildman–Crippen LogP) is 9.95. The quantitative estimate of drug-likeness (QED) is 0.384. The van der Waals surface area contributed by atoms with Gasteiger partial charge >= 0.3 is 0 Å². The molecule has 2 aliphatic carbocycles. The highest BCUT2D eigenvalue weighted by Gasteiger charge is 2.24. The van der Waals surface area contributed by atoms with Gasteiger partial charge in [-0.25, -0.2) is 0 Å². The van der Waals surface area contributed by atoms with Crippen molar-refractivity contribution < 1.29 is 0 Å². The van der Waals surface area contributed by atoms with Crippen LogP contribution in [0.5, 0.6) is 0 Å². The maximum atomic E-state index is 2.48. The molecule has 0 N–H and O–H groups in total. The number of fused-ring (bicyclic) bond motifs is 2. The zero-order valence-corrected chi connectivity index (χ0v) is 22.0. The van der Waals surface area contributed by atoms with Gasteiger partial charge in [-0.15, -0.1) is 0 Å². The van der Waals surface area contributed by atoms with Gasteiger partial charge in [0.1, 0.15) is 0 Å². The minimum absolute atomic E-state index is 0.561. The summed E-state index contributed by atoms with van der Waals surface area (Å²) in [6.07, 6.45) is 13.4. The van der Waals surface area contributed by atoms with Gasteiger partial charge in [-0.05, 0) is 87.4 Å². The third-order valence-electron chi connectivity index (χ3n) is 7.45. The lowest BCUT2D eigenvalue weighted by atomic mass is 9.87. The van der Waals surface area contributed by atoms with Gasteiger partial charge < -0.3 is 0 Å². The summed E-state index contributed by atoms with van der Waals surface area (Å²) in [5.41, 5.74) is 14.9. The standard InChI is InChI=1S/C33H42/c1-20(2)26-12-13-27(21(3)4)31-17-24(16-30(26)31)10-9-11-25-18-32-28(22(5)6)14-15-29(23(7)8)33(32)19-25/h12-23H,9-11H2,1-8H3. The SMILES string of the molecule is CC(C)c1ccc(C(C)C)c2c1[CH]C(CCCC1=Cc3c(C(C)C)ccc(C(C)C)c3[CH]1)=C2. The topological polar surface area (TPSA) is 0 Å². The van der Waals surface area contributed by atoms with E-state index in [0.29, 0.717) is 23.7 Å². The molecular weight excluding hydrogens is 396 g/mol. The number of rotatable bonds is 8. The molecule has 174 valence electrons. The summed E-state index contributed by atoms with van der Waals surface area (Å²) in [7, 11) is 0. The first kappa shape index (κ1) is 24.1. The predicted molar refractivity (Wildman–Crippen MR) is 146 cm³/mol. The van der Waals surface area contributed by atoms with E-state index in [9.17, 15) is 0 Å². The third kappa shape index (κ3) is 4.77. The van der Waals surface area contributed by atoms with Gasteiger partial charge in [0.15, 0.2) is 0 Å². The Morgan fingerprint density at radius 2 is 0.758 bits per heavy atom. The molecule has 0 amide bonds. The van der Waals surface area contributed by atoms with Gasteiger partial charge in [0.2, 0.25) is 0 Å². The van der Waals surface area contributed by atoms with Crippen molar-refractivity contribution in [1.29, 1.82) is 0 Å². The monoisotopic (exact) mass is 438 g/mol. The van der Waals surface area contributed by atoms with Crippen LogP contribution in [-0.4, -0.2) is 0 Å². The largest absolute Gasteiger partial charge is 0.0611 e. The van der Waals surface area contributed by atoms with Crippen LogP contribution in [0.25, 0.3) is 12.2 Å². The fourth-order valence-electron chi connectivity index (χ4n) is 5.61. The average Bonchev–Trinajstić information content (AvgIpc) is 3.35. The van der Waals surface area contributed by atoms with Crippen LogP contribution in [0.4, 0.5) is 0 Å². The first-order valence-corrected chi connectivity index (χ1v) is 13.1. The molecule has 0 unspecified atom stereocenters. The van der Waals surface area contributed by atoms with Crippen molar-refractivity contribution in [2.24, 2.45) is 0 Å². The summed E-state index contributed by atoms with van der Waals surface area (Å²) in [5.74, 6) is 2.24. The molecule has 0 heteroatoms. The van der Waals surface area contributed by atoms with E-state index in [1.807, 2.05) is 0 Å². The van der Waals surface area contributed by atoms with Crippen molar-refractivity contribution in [3.05, 3.63) is 92.8 Å². The maximum absolute atomic E-state index is 2.48. The maximum Gasteiger partial charge on any atom is 0.0167 e. The summed E-state index contributed by atoms with van der Waals surface area (Å²) < 4.78 is 0. The number of allylic oxidation sites excluding steroid dienone is 2. The summed E-state index contributed by atoms with van der Waals surface area (Å²) in [6.45, 7) is 18.5. The smallest absolute Gasteiger partial charge is 0.0167 e. The highest BCUT2D eigenvalue weighted by atomic mass is 14.3. The summed E-state index contributed by atoms with van der Waals surface area (Å²) in [4.78, 5) is 0. The van der Waals surface area contributed by atoms with Gasteiger partial charge in [0.25, 0.3) is 0 Å². The molecule has 2 aromatic carbocycles. The van der Waals surface area contributed by atoms with E-state index in [1.165, 1.54) is 62.1 Å². The molecular formula is C33H42. The first-order valence-electron chi connectivity index (χ1n) is 13.1. The molecule has 0 fully saturated rings. The molecule has 0 saturated heterocycles. The molecule has 0 saturated carbocycles. The van der Waals surface area contributed by atoms with Crippen molar-refractivity contribution in [1.82, 2.24) is 0 Å². The normalized spacial score (nSPS) is 15.0. The zero-order chi connectivity index (χ0) is 23.9. The van der Waals surface area contributed by atoms with Crippen LogP contribution < -0.4 is 0 Å². The van der Waals surface area contributed by atoms with E-state index in [-0.39, 0.29) is 0 Å². The number of hydrogen-bond donors (Lipinski definition) is 0. The van der Waals surface area contributed by atoms with Gasteiger partial charge in [-0.1, -0.05) is 103 Å². The molecule has 0 aromatic heterocycles. The Labute approximate surface area is 203 Å². The Hall–Kier alpha value is -2.08. The van der Waals surface area contributed by atoms with Crippen LogP contribution in [0.3, 0.4) is 0 Å². The molecule has 2 radical (unpaired) electrons. The zero-order valence-electron chi connectivity index (χ0n) is 22.0. The van der Waals surface area contributed by atoms with Crippen molar-refractivity contribution >= 4 is 12.2 Å². The third-order valence-corrected chi connectivity index (χ3v) is 7.45. The second kappa shape index (κ2) is 9.65. The molecule has 2 aromatic rings. The molecule has 4 rings (SSSR count). The van der Waals surface area contributed by atoms with Crippen LogP contribution in [0.2, 0.25) is 0 Å². The Morgan fingerprint density at radius 3 is 1.06 bits per heavy atom. The van der Waals surface area contributed by atoms with Gasteiger partial charge in [-0.2, -0.15) is 0 Å².